The molecule has 1 unspecified atom stereocenters. The smallest absolute Gasteiger partial charge is 0.205 e. The van der Waals surface area contributed by atoms with Crippen LogP contribution >= 0.6 is 0 Å². The fraction of sp³-hybridized carbons (Fsp3) is 0.476. The summed E-state index contributed by atoms with van der Waals surface area (Å²) in [4.78, 5) is 15.1. The van der Waals surface area contributed by atoms with Gasteiger partial charge in [-0.1, -0.05) is 18.2 Å². The molecule has 6 heteroatoms. The molecule has 142 valence electrons. The Labute approximate surface area is 160 Å². The number of anilines is 1. The first kappa shape index (κ1) is 17.9. The van der Waals surface area contributed by atoms with Gasteiger partial charge in [0.05, 0.1) is 11.7 Å². The van der Waals surface area contributed by atoms with Crippen LogP contribution in [0.3, 0.4) is 0 Å². The molecule has 2 aliphatic rings. The quantitative estimate of drug-likeness (QED) is 0.835. The molecule has 0 radical (unpaired) electrons. The van der Waals surface area contributed by atoms with Gasteiger partial charge in [0.15, 0.2) is 0 Å². The zero-order valence-corrected chi connectivity index (χ0v) is 16.0. The van der Waals surface area contributed by atoms with Crippen LogP contribution in [-0.4, -0.2) is 40.0 Å². The van der Waals surface area contributed by atoms with Gasteiger partial charge in [-0.3, -0.25) is 14.5 Å². The average Bonchev–Trinajstić information content (AvgIpc) is 3.19. The minimum atomic E-state index is -0.136. The third kappa shape index (κ3) is 3.67. The fourth-order valence-corrected chi connectivity index (χ4v) is 4.01. The Balaban J connectivity index is 1.57. The lowest BCUT2D eigenvalue weighted by Crippen LogP contribution is -2.39. The number of hydrogen-bond donors (Lipinski definition) is 0. The van der Waals surface area contributed by atoms with Gasteiger partial charge in [0.1, 0.15) is 11.7 Å². The van der Waals surface area contributed by atoms with Crippen molar-refractivity contribution in [1.29, 1.82) is 0 Å². The predicted octanol–water partition coefficient (Wildman–Crippen LogP) is 3.23. The predicted molar refractivity (Wildman–Crippen MR) is 108 cm³/mol. The molecule has 3 heterocycles. The van der Waals surface area contributed by atoms with Crippen molar-refractivity contribution in [1.82, 2.24) is 14.7 Å². The zero-order chi connectivity index (χ0) is 18.8. The standard InChI is InChI=1S/C21H27N5O/c1-16(2)24-13-9-17(10-14-24)25-15-11-20(27)21(23-25)19-8-12-22-26(19)18-6-4-3-5-7-18/h3-7,11-12,15-17,19H,8-10,13-14H2,1-2H3. The number of hydrogen-bond acceptors (Lipinski definition) is 5. The first-order valence-electron chi connectivity index (χ1n) is 9.83. The molecule has 1 fully saturated rings. The maximum atomic E-state index is 12.6. The highest BCUT2D eigenvalue weighted by atomic mass is 16.1. The molecule has 0 N–H and O–H groups in total. The van der Waals surface area contributed by atoms with Gasteiger partial charge in [-0.15, -0.1) is 0 Å². The van der Waals surface area contributed by atoms with E-state index < -0.39 is 0 Å². The second kappa shape index (κ2) is 7.64. The van der Waals surface area contributed by atoms with Crippen molar-refractivity contribution in [2.45, 2.75) is 51.2 Å². The summed E-state index contributed by atoms with van der Waals surface area (Å²) in [6.45, 7) is 6.64. The van der Waals surface area contributed by atoms with Crippen LogP contribution in [-0.2, 0) is 0 Å². The van der Waals surface area contributed by atoms with E-state index in [0.717, 1.165) is 31.6 Å². The van der Waals surface area contributed by atoms with Crippen LogP contribution in [0.2, 0.25) is 0 Å². The lowest BCUT2D eigenvalue weighted by Gasteiger charge is -2.35. The number of rotatable bonds is 4. The van der Waals surface area contributed by atoms with Crippen LogP contribution < -0.4 is 10.4 Å². The van der Waals surface area contributed by atoms with E-state index in [2.05, 4.69) is 23.8 Å². The largest absolute Gasteiger partial charge is 0.301 e. The monoisotopic (exact) mass is 365 g/mol. The molecule has 0 aliphatic carbocycles. The maximum Gasteiger partial charge on any atom is 0.205 e. The maximum absolute atomic E-state index is 12.6. The van der Waals surface area contributed by atoms with Crippen LogP contribution in [0.5, 0.6) is 0 Å². The molecule has 0 spiro atoms. The number of nitrogens with zero attached hydrogens (tertiary/aromatic N) is 5. The minimum absolute atomic E-state index is 0.0118. The molecule has 4 rings (SSSR count). The summed E-state index contributed by atoms with van der Waals surface area (Å²) in [5.74, 6) is 0. The summed E-state index contributed by atoms with van der Waals surface area (Å²) in [5.41, 5.74) is 1.56. The van der Waals surface area contributed by atoms with Crippen molar-refractivity contribution in [3.63, 3.8) is 0 Å². The van der Waals surface area contributed by atoms with Crippen LogP contribution in [0.1, 0.15) is 50.9 Å². The van der Waals surface area contributed by atoms with Crippen LogP contribution in [0, 0.1) is 0 Å². The Morgan fingerprint density at radius 3 is 2.52 bits per heavy atom. The first-order chi connectivity index (χ1) is 13.1. The van der Waals surface area contributed by atoms with E-state index in [1.54, 1.807) is 6.07 Å². The number of aromatic nitrogens is 2. The van der Waals surface area contributed by atoms with E-state index in [0.29, 0.717) is 24.2 Å². The Morgan fingerprint density at radius 2 is 1.81 bits per heavy atom. The van der Waals surface area contributed by atoms with Crippen molar-refractivity contribution in [3.05, 3.63) is 58.5 Å². The molecule has 1 aromatic carbocycles. The highest BCUT2D eigenvalue weighted by Gasteiger charge is 2.29. The molecule has 0 saturated carbocycles. The van der Waals surface area contributed by atoms with Gasteiger partial charge in [0.25, 0.3) is 0 Å². The Morgan fingerprint density at radius 1 is 1.07 bits per heavy atom. The van der Waals surface area contributed by atoms with Crippen molar-refractivity contribution < 1.29 is 0 Å². The van der Waals surface area contributed by atoms with Crippen molar-refractivity contribution in [3.8, 4) is 0 Å². The van der Waals surface area contributed by atoms with E-state index in [1.807, 2.05) is 52.4 Å². The van der Waals surface area contributed by atoms with Crippen LogP contribution in [0.15, 0.2) is 52.5 Å². The van der Waals surface area contributed by atoms with Crippen LogP contribution in [0.4, 0.5) is 5.69 Å². The van der Waals surface area contributed by atoms with Gasteiger partial charge in [0.2, 0.25) is 5.43 Å². The number of likely N-dealkylation sites (tertiary alicyclic amines) is 1. The summed E-state index contributed by atoms with van der Waals surface area (Å²) in [6, 6.07) is 12.4. The fourth-order valence-electron chi connectivity index (χ4n) is 4.01. The lowest BCUT2D eigenvalue weighted by atomic mass is 10.0. The lowest BCUT2D eigenvalue weighted by molar-refractivity contribution is 0.146. The summed E-state index contributed by atoms with van der Waals surface area (Å²) in [7, 11) is 0. The van der Waals surface area contributed by atoms with Crippen LogP contribution in [0.25, 0.3) is 0 Å². The zero-order valence-electron chi connectivity index (χ0n) is 16.0. The van der Waals surface area contributed by atoms with E-state index in [-0.39, 0.29) is 11.5 Å². The molecule has 1 saturated heterocycles. The molecule has 1 atom stereocenters. The molecular weight excluding hydrogens is 338 g/mol. The topological polar surface area (TPSA) is 53.7 Å². The van der Waals surface area contributed by atoms with Gasteiger partial charge in [-0.25, -0.2) is 0 Å². The molecular formula is C21H27N5O. The third-order valence-corrected chi connectivity index (χ3v) is 5.62. The average molecular weight is 365 g/mol. The first-order valence-corrected chi connectivity index (χ1v) is 9.83. The van der Waals surface area contributed by atoms with Crippen molar-refractivity contribution in [2.75, 3.05) is 18.1 Å². The molecule has 2 aromatic rings. The van der Waals surface area contributed by atoms with Gasteiger partial charge in [0, 0.05) is 44.0 Å². The summed E-state index contributed by atoms with van der Waals surface area (Å²) >= 11 is 0. The van der Waals surface area contributed by atoms with E-state index in [4.69, 9.17) is 5.10 Å². The second-order valence-electron chi connectivity index (χ2n) is 7.64. The van der Waals surface area contributed by atoms with Crippen molar-refractivity contribution >= 4 is 11.9 Å². The molecule has 0 amide bonds. The molecule has 2 aliphatic heterocycles. The number of benzene rings is 1. The van der Waals surface area contributed by atoms with Gasteiger partial charge < -0.3 is 4.90 Å². The van der Waals surface area contributed by atoms with E-state index in [1.165, 1.54) is 0 Å². The molecule has 27 heavy (non-hydrogen) atoms. The van der Waals surface area contributed by atoms with E-state index >= 15 is 0 Å². The SMILES string of the molecule is CC(C)N1CCC(n2ccc(=O)c(C3CC=NN3c3ccccc3)n2)CC1. The van der Waals surface area contributed by atoms with Crippen molar-refractivity contribution in [2.24, 2.45) is 5.10 Å². The van der Waals surface area contributed by atoms with E-state index in [9.17, 15) is 4.79 Å². The van der Waals surface area contributed by atoms with Gasteiger partial charge in [-0.2, -0.15) is 10.2 Å². The minimum Gasteiger partial charge on any atom is -0.301 e. The Bertz CT molecular complexity index is 852. The third-order valence-electron chi connectivity index (χ3n) is 5.62. The summed E-state index contributed by atoms with van der Waals surface area (Å²) in [5, 5.41) is 11.2. The Hall–Kier alpha value is -2.47. The van der Waals surface area contributed by atoms with Gasteiger partial charge in [-0.05, 0) is 38.8 Å². The number of hydrazone groups is 1. The molecule has 1 aromatic heterocycles. The Kier molecular flexibility index (Phi) is 5.07. The second-order valence-corrected chi connectivity index (χ2v) is 7.64. The van der Waals surface area contributed by atoms with Gasteiger partial charge >= 0.3 is 0 Å². The summed E-state index contributed by atoms with van der Waals surface area (Å²) in [6.07, 6.45) is 6.56. The number of piperidine rings is 1. The molecule has 0 bridgehead atoms. The molecule has 6 nitrogen and oxygen atoms in total. The number of para-hydroxylation sites is 1. The highest BCUT2D eigenvalue weighted by Crippen LogP contribution is 2.31. The normalized spacial score (nSPS) is 21.3. The highest BCUT2D eigenvalue weighted by molar-refractivity contribution is 5.67. The summed E-state index contributed by atoms with van der Waals surface area (Å²) < 4.78 is 2.01.